The van der Waals surface area contributed by atoms with Crippen molar-refractivity contribution in [2.24, 2.45) is 0 Å². The second kappa shape index (κ2) is 3.82. The topological polar surface area (TPSA) is 61.1 Å². The van der Waals surface area contributed by atoms with Crippen molar-refractivity contribution in [3.05, 3.63) is 22.8 Å². The van der Waals surface area contributed by atoms with Crippen LogP contribution < -0.4 is 4.79 Å². The Bertz CT molecular complexity index is 504. The van der Waals surface area contributed by atoms with Crippen molar-refractivity contribution in [1.29, 1.82) is 0 Å². The Morgan fingerprint density at radius 2 is 1.88 bits per heavy atom. The summed E-state index contributed by atoms with van der Waals surface area (Å²) in [5.74, 6) is 0. The molecule has 0 aliphatic rings. The van der Waals surface area contributed by atoms with Crippen LogP contribution in [-0.4, -0.2) is 13.0 Å². The van der Waals surface area contributed by atoms with E-state index < -0.39 is 36.7 Å². The largest absolute Gasteiger partial charge is 0.739 e. The third-order valence-corrected chi connectivity index (χ3v) is 2.77. The molecule has 0 aliphatic carbocycles. The van der Waals surface area contributed by atoms with E-state index in [-0.39, 0.29) is 12.3 Å². The normalized spacial score (nSPS) is 12.9. The van der Waals surface area contributed by atoms with Gasteiger partial charge in [0.15, 0.2) is 10.1 Å². The highest BCUT2D eigenvalue weighted by Crippen LogP contribution is 2.31. The smallest absolute Gasteiger partial charge is 0.422 e. The van der Waals surface area contributed by atoms with Crippen molar-refractivity contribution in [1.82, 2.24) is 0 Å². The van der Waals surface area contributed by atoms with Gasteiger partial charge < -0.3 is 4.55 Å². The van der Waals surface area contributed by atoms with Crippen LogP contribution in [0.1, 0.15) is 5.56 Å². The lowest BCUT2D eigenvalue weighted by Crippen LogP contribution is -2.33. The number of alkyl halides is 3. The Hall–Kier alpha value is -0.930. The number of halogens is 5. The van der Waals surface area contributed by atoms with E-state index in [1.54, 1.807) is 0 Å². The minimum Gasteiger partial charge on any atom is -0.739 e. The lowest BCUT2D eigenvalue weighted by Gasteiger charge is -2.07. The molecule has 4 nitrogen and oxygen atoms in total. The molecule has 0 amide bonds. The predicted molar refractivity (Wildman–Crippen MR) is 41.1 cm³/mol. The van der Waals surface area contributed by atoms with E-state index >= 15 is 0 Å². The molecular weight excluding hydrogens is 278 g/mol. The highest BCUT2D eigenvalue weighted by molar-refractivity contribution is 7.85. The molecule has 1 rings (SSSR count). The first-order valence-electron chi connectivity index (χ1n) is 3.48. The molecule has 0 unspecified atom stereocenters. The van der Waals surface area contributed by atoms with Crippen LogP contribution in [0, 0.1) is 0 Å². The van der Waals surface area contributed by atoms with Crippen molar-refractivity contribution < 1.29 is 35.4 Å². The van der Waals surface area contributed by atoms with E-state index in [1.807, 2.05) is 0 Å². The second-order valence-electron chi connectivity index (χ2n) is 2.64. The van der Waals surface area contributed by atoms with E-state index in [9.17, 15) is 30.6 Å². The number of hydrogen-bond acceptors (Lipinski definition) is 3. The maximum Gasteiger partial charge on any atom is 0.422 e. The summed E-state index contributed by atoms with van der Waals surface area (Å²) in [5, 5.41) is -2.70. The van der Waals surface area contributed by atoms with E-state index in [1.165, 1.54) is 0 Å². The summed E-state index contributed by atoms with van der Waals surface area (Å²) >= 11 is 5.09. The van der Waals surface area contributed by atoms with Crippen LogP contribution in [0.3, 0.4) is 0 Å². The molecule has 0 atom stereocenters. The van der Waals surface area contributed by atoms with Gasteiger partial charge in [-0.1, -0.05) is 11.6 Å². The molecule has 0 spiro atoms. The van der Waals surface area contributed by atoms with Gasteiger partial charge in [-0.25, -0.2) is 8.42 Å². The molecule has 90 valence electrons. The van der Waals surface area contributed by atoms with E-state index in [4.69, 9.17) is 11.6 Å². The average molecular weight is 280 g/mol. The molecule has 1 heterocycles. The molecule has 0 aliphatic heterocycles. The fourth-order valence-electron chi connectivity index (χ4n) is 0.900. The van der Waals surface area contributed by atoms with Crippen LogP contribution in [0.25, 0.3) is 0 Å². The predicted octanol–water partition coefficient (Wildman–Crippen LogP) is 1.28. The van der Waals surface area contributed by atoms with Crippen LogP contribution in [0.2, 0.25) is 5.02 Å². The van der Waals surface area contributed by atoms with Gasteiger partial charge in [0.1, 0.15) is 10.6 Å². The fraction of sp³-hybridized carbons (Fsp3) is 0.167. The molecule has 0 fully saturated rings. The molecule has 0 radical (unpaired) electrons. The Labute approximate surface area is 91.8 Å². The van der Waals surface area contributed by atoms with Gasteiger partial charge in [-0.05, 0) is 6.07 Å². The Balaban J connectivity index is 3.53. The number of hydrogen-bond donors (Lipinski definition) is 0. The summed E-state index contributed by atoms with van der Waals surface area (Å²) < 4.78 is 80.6. The van der Waals surface area contributed by atoms with Gasteiger partial charge in [-0.15, -0.1) is 0 Å². The highest BCUT2D eigenvalue weighted by Gasteiger charge is 2.37. The van der Waals surface area contributed by atoms with E-state index in [2.05, 4.69) is 0 Å². The van der Waals surface area contributed by atoms with Crippen LogP contribution in [0.5, 0.6) is 0 Å². The minimum absolute atomic E-state index is 0.155. The number of rotatable bonds is 1. The Morgan fingerprint density at radius 3 is 2.19 bits per heavy atom. The van der Waals surface area contributed by atoms with E-state index in [0.717, 1.165) is 0 Å². The zero-order valence-corrected chi connectivity index (χ0v) is 8.70. The van der Waals surface area contributed by atoms with Gasteiger partial charge in [0.05, 0.1) is 4.48 Å². The third-order valence-electron chi connectivity index (χ3n) is 1.50. The van der Waals surface area contributed by atoms with Gasteiger partial charge in [-0.2, -0.15) is 13.2 Å². The Morgan fingerprint density at radius 1 is 1.38 bits per heavy atom. The van der Waals surface area contributed by atoms with Crippen LogP contribution in [0.15, 0.2) is 17.3 Å². The van der Waals surface area contributed by atoms with Crippen LogP contribution in [-0.2, 0) is 16.3 Å². The SMILES string of the molecule is O=S(=O)([O-])c1c(Cl)cc(C(F)(F)F)c[n+]1F. The summed E-state index contributed by atoms with van der Waals surface area (Å²) in [6, 6.07) is 0.155. The number of aromatic nitrogens is 1. The van der Waals surface area contributed by atoms with E-state index in [0.29, 0.717) is 0 Å². The summed E-state index contributed by atoms with van der Waals surface area (Å²) in [6.07, 6.45) is -5.08. The van der Waals surface area contributed by atoms with Gasteiger partial charge >= 0.3 is 11.2 Å². The third kappa shape index (κ3) is 2.60. The van der Waals surface area contributed by atoms with Crippen LogP contribution >= 0.6 is 11.6 Å². The van der Waals surface area contributed by atoms with Crippen LogP contribution in [0.4, 0.5) is 17.7 Å². The molecule has 0 N–H and O–H groups in total. The minimum atomic E-state index is -5.29. The lowest BCUT2D eigenvalue weighted by atomic mass is 10.3. The standard InChI is InChI=1S/C6H2ClF4NO3S/c7-4-1-3(6(8,9)10)2-12(11)5(4)16(13,14)15/h1-2H. The van der Waals surface area contributed by atoms with Crippen molar-refractivity contribution in [2.75, 3.05) is 0 Å². The van der Waals surface area contributed by atoms with Gasteiger partial charge in [0, 0.05) is 4.79 Å². The second-order valence-corrected chi connectivity index (χ2v) is 4.35. The first kappa shape index (κ1) is 13.1. The maximum absolute atomic E-state index is 12.9. The average Bonchev–Trinajstić information content (AvgIpc) is 1.97. The monoisotopic (exact) mass is 279 g/mol. The van der Waals surface area contributed by atoms with Crippen molar-refractivity contribution >= 4 is 21.7 Å². The van der Waals surface area contributed by atoms with Gasteiger partial charge in [0.25, 0.3) is 0 Å². The summed E-state index contributed by atoms with van der Waals surface area (Å²) in [7, 11) is -5.29. The number of pyridine rings is 1. The molecule has 10 heteroatoms. The molecule has 1 aromatic rings. The molecular formula is C6H2ClF4NO3S. The zero-order valence-electron chi connectivity index (χ0n) is 7.12. The fourth-order valence-corrected chi connectivity index (χ4v) is 1.95. The first-order valence-corrected chi connectivity index (χ1v) is 5.26. The molecule has 0 bridgehead atoms. The van der Waals surface area contributed by atoms with Crippen molar-refractivity contribution in [3.8, 4) is 0 Å². The van der Waals surface area contributed by atoms with Gasteiger partial charge in [0.2, 0.25) is 6.20 Å². The van der Waals surface area contributed by atoms with Crippen molar-refractivity contribution in [3.63, 3.8) is 0 Å². The summed E-state index contributed by atoms with van der Waals surface area (Å²) in [4.78, 5) is -0.965. The number of nitrogens with zero attached hydrogens (tertiary/aromatic N) is 1. The zero-order chi connectivity index (χ0) is 12.7. The van der Waals surface area contributed by atoms with Gasteiger partial charge in [-0.3, -0.25) is 0 Å². The quantitative estimate of drug-likeness (QED) is 0.575. The molecule has 1 aromatic heterocycles. The molecule has 16 heavy (non-hydrogen) atoms. The summed E-state index contributed by atoms with van der Waals surface area (Å²) in [5.41, 5.74) is -1.51. The lowest BCUT2D eigenvalue weighted by molar-refractivity contribution is -0.875. The Kier molecular flexibility index (Phi) is 3.14. The molecule has 0 saturated carbocycles. The molecule has 0 saturated heterocycles. The van der Waals surface area contributed by atoms with Crippen molar-refractivity contribution in [2.45, 2.75) is 11.2 Å². The highest BCUT2D eigenvalue weighted by atomic mass is 35.5. The molecule has 0 aromatic carbocycles. The first-order chi connectivity index (χ1) is 7.03. The summed E-state index contributed by atoms with van der Waals surface area (Å²) in [6.45, 7) is 0. The maximum atomic E-state index is 12.9.